The molecule has 2 saturated heterocycles. The molecule has 0 N–H and O–H groups in total. The summed E-state index contributed by atoms with van der Waals surface area (Å²) in [5.74, 6) is -0.357. The van der Waals surface area contributed by atoms with E-state index in [1.54, 1.807) is 32.9 Å². The Hall–Kier alpha value is -1.79. The van der Waals surface area contributed by atoms with Gasteiger partial charge in [-0.2, -0.15) is 0 Å². The predicted molar refractivity (Wildman–Crippen MR) is 104 cm³/mol. The Balaban J connectivity index is 1.57. The van der Waals surface area contributed by atoms with Crippen molar-refractivity contribution in [3.05, 3.63) is 33.8 Å². The van der Waals surface area contributed by atoms with Crippen molar-refractivity contribution in [3.8, 4) is 0 Å². The normalized spacial score (nSPS) is 20.6. The fraction of sp³-hybridized carbons (Fsp3) is 0.526. The number of halogens is 2. The van der Waals surface area contributed by atoms with E-state index in [-0.39, 0.29) is 36.1 Å². The van der Waals surface area contributed by atoms with Gasteiger partial charge in [0.25, 0.3) is 5.91 Å². The van der Waals surface area contributed by atoms with Crippen molar-refractivity contribution in [1.82, 2.24) is 14.7 Å². The van der Waals surface area contributed by atoms with E-state index in [4.69, 9.17) is 23.2 Å². The summed E-state index contributed by atoms with van der Waals surface area (Å²) in [5, 5.41) is 0.752. The first kappa shape index (κ1) is 20.0. The SMILES string of the molecule is CC(C)N1CC(C(=O)N2CCN(C(=O)c3ccc(Cl)c(Cl)c3)CC2)CC1=O. The van der Waals surface area contributed by atoms with Crippen LogP contribution in [0.4, 0.5) is 0 Å². The average molecular weight is 412 g/mol. The second-order valence-corrected chi connectivity index (χ2v) is 8.10. The van der Waals surface area contributed by atoms with Crippen LogP contribution < -0.4 is 0 Å². The quantitative estimate of drug-likeness (QED) is 0.767. The molecule has 0 radical (unpaired) electrons. The molecule has 3 amide bonds. The van der Waals surface area contributed by atoms with E-state index < -0.39 is 0 Å². The maximum Gasteiger partial charge on any atom is 0.254 e. The van der Waals surface area contributed by atoms with E-state index >= 15 is 0 Å². The van der Waals surface area contributed by atoms with Gasteiger partial charge in [-0.15, -0.1) is 0 Å². The molecule has 3 rings (SSSR count). The largest absolute Gasteiger partial charge is 0.339 e. The Morgan fingerprint density at radius 1 is 1.04 bits per heavy atom. The van der Waals surface area contributed by atoms with Crippen LogP contribution in [0.5, 0.6) is 0 Å². The van der Waals surface area contributed by atoms with Gasteiger partial charge in [-0.05, 0) is 32.0 Å². The number of hydrogen-bond acceptors (Lipinski definition) is 3. The third-order valence-corrected chi connectivity index (χ3v) is 5.92. The fourth-order valence-corrected chi connectivity index (χ4v) is 3.89. The number of benzene rings is 1. The number of carbonyl (C=O) groups excluding carboxylic acids is 3. The second-order valence-electron chi connectivity index (χ2n) is 7.29. The molecule has 27 heavy (non-hydrogen) atoms. The number of rotatable bonds is 3. The first-order valence-electron chi connectivity index (χ1n) is 9.10. The molecule has 0 spiro atoms. The summed E-state index contributed by atoms with van der Waals surface area (Å²) in [5.41, 5.74) is 0.484. The van der Waals surface area contributed by atoms with Gasteiger partial charge in [0, 0.05) is 50.7 Å². The van der Waals surface area contributed by atoms with E-state index in [1.807, 2.05) is 13.8 Å². The van der Waals surface area contributed by atoms with Crippen LogP contribution in [0, 0.1) is 5.92 Å². The highest BCUT2D eigenvalue weighted by Crippen LogP contribution is 2.25. The summed E-state index contributed by atoms with van der Waals surface area (Å²) < 4.78 is 0. The van der Waals surface area contributed by atoms with Crippen LogP contribution in [0.1, 0.15) is 30.6 Å². The van der Waals surface area contributed by atoms with Crippen molar-refractivity contribution in [2.75, 3.05) is 32.7 Å². The lowest BCUT2D eigenvalue weighted by Crippen LogP contribution is -2.52. The molecule has 0 aliphatic carbocycles. The molecule has 2 aliphatic heterocycles. The highest BCUT2D eigenvalue weighted by atomic mass is 35.5. The minimum atomic E-state index is -0.280. The third kappa shape index (κ3) is 4.22. The molecule has 2 fully saturated rings. The first-order valence-corrected chi connectivity index (χ1v) is 9.86. The van der Waals surface area contributed by atoms with Crippen molar-refractivity contribution >= 4 is 40.9 Å². The zero-order chi connectivity index (χ0) is 19.7. The van der Waals surface area contributed by atoms with Gasteiger partial charge >= 0.3 is 0 Å². The lowest BCUT2D eigenvalue weighted by atomic mass is 10.1. The van der Waals surface area contributed by atoms with Gasteiger partial charge in [-0.1, -0.05) is 23.2 Å². The van der Waals surface area contributed by atoms with Crippen molar-refractivity contribution < 1.29 is 14.4 Å². The Bertz CT molecular complexity index is 761. The Kier molecular flexibility index (Phi) is 5.96. The number of carbonyl (C=O) groups is 3. The zero-order valence-electron chi connectivity index (χ0n) is 15.5. The molecule has 8 heteroatoms. The summed E-state index contributed by atoms with van der Waals surface area (Å²) in [6, 6.07) is 4.93. The molecular formula is C19H23Cl2N3O3. The molecule has 2 aliphatic rings. The minimum Gasteiger partial charge on any atom is -0.339 e. The number of amides is 3. The lowest BCUT2D eigenvalue weighted by Gasteiger charge is -2.36. The van der Waals surface area contributed by atoms with Gasteiger partial charge < -0.3 is 14.7 Å². The summed E-state index contributed by atoms with van der Waals surface area (Å²) in [4.78, 5) is 42.7. The van der Waals surface area contributed by atoms with Crippen molar-refractivity contribution in [3.63, 3.8) is 0 Å². The molecule has 0 saturated carbocycles. The monoisotopic (exact) mass is 411 g/mol. The molecule has 0 aromatic heterocycles. The molecule has 1 aromatic rings. The molecule has 2 heterocycles. The molecule has 0 bridgehead atoms. The van der Waals surface area contributed by atoms with Crippen LogP contribution >= 0.6 is 23.2 Å². The maximum absolute atomic E-state index is 12.8. The summed E-state index contributed by atoms with van der Waals surface area (Å²) in [6.07, 6.45) is 0.277. The smallest absolute Gasteiger partial charge is 0.254 e. The maximum atomic E-state index is 12.8. The second kappa shape index (κ2) is 8.07. The van der Waals surface area contributed by atoms with E-state index in [2.05, 4.69) is 0 Å². The van der Waals surface area contributed by atoms with Crippen molar-refractivity contribution in [2.24, 2.45) is 5.92 Å². The number of piperazine rings is 1. The first-order chi connectivity index (χ1) is 12.8. The van der Waals surface area contributed by atoms with E-state index in [9.17, 15) is 14.4 Å². The Morgan fingerprint density at radius 3 is 2.22 bits per heavy atom. The predicted octanol–water partition coefficient (Wildman–Crippen LogP) is 2.53. The number of hydrogen-bond donors (Lipinski definition) is 0. The zero-order valence-corrected chi connectivity index (χ0v) is 17.0. The van der Waals surface area contributed by atoms with Crippen LogP contribution in [0.15, 0.2) is 18.2 Å². The van der Waals surface area contributed by atoms with Crippen molar-refractivity contribution in [2.45, 2.75) is 26.3 Å². The van der Waals surface area contributed by atoms with Gasteiger partial charge in [0.05, 0.1) is 16.0 Å². The van der Waals surface area contributed by atoms with Crippen molar-refractivity contribution in [1.29, 1.82) is 0 Å². The van der Waals surface area contributed by atoms with E-state index in [1.165, 1.54) is 0 Å². The Morgan fingerprint density at radius 2 is 1.67 bits per heavy atom. The third-order valence-electron chi connectivity index (χ3n) is 5.18. The van der Waals surface area contributed by atoms with Gasteiger partial charge in [0.1, 0.15) is 0 Å². The van der Waals surface area contributed by atoms with Crippen LogP contribution in [-0.4, -0.2) is 71.2 Å². The van der Waals surface area contributed by atoms with E-state index in [0.717, 1.165) is 0 Å². The molecular weight excluding hydrogens is 389 g/mol. The molecule has 1 unspecified atom stereocenters. The highest BCUT2D eigenvalue weighted by Gasteiger charge is 2.38. The van der Waals surface area contributed by atoms with E-state index in [0.29, 0.717) is 48.3 Å². The average Bonchev–Trinajstić information content (AvgIpc) is 3.05. The lowest BCUT2D eigenvalue weighted by molar-refractivity contribution is -0.137. The topological polar surface area (TPSA) is 60.9 Å². The summed E-state index contributed by atoms with van der Waals surface area (Å²) in [7, 11) is 0. The van der Waals surface area contributed by atoms with Gasteiger partial charge in [0.15, 0.2) is 0 Å². The Labute approximate surface area is 169 Å². The molecule has 1 aromatic carbocycles. The summed E-state index contributed by atoms with van der Waals surface area (Å²) in [6.45, 7) is 6.25. The minimum absolute atomic E-state index is 0.00753. The fourth-order valence-electron chi connectivity index (χ4n) is 3.60. The van der Waals surface area contributed by atoms with Crippen LogP contribution in [0.25, 0.3) is 0 Å². The van der Waals surface area contributed by atoms with Crippen LogP contribution in [-0.2, 0) is 9.59 Å². The molecule has 6 nitrogen and oxygen atoms in total. The number of likely N-dealkylation sites (tertiary alicyclic amines) is 1. The standard InChI is InChI=1S/C19H23Cl2N3O3/c1-12(2)24-11-14(10-17(24)25)19(27)23-7-5-22(6-8-23)18(26)13-3-4-15(20)16(21)9-13/h3-4,9,12,14H,5-8,10-11H2,1-2H3. The molecule has 1 atom stereocenters. The van der Waals surface area contributed by atoms with Gasteiger partial charge in [-0.3, -0.25) is 14.4 Å². The summed E-state index contributed by atoms with van der Waals surface area (Å²) >= 11 is 11.9. The number of nitrogens with zero attached hydrogens (tertiary/aromatic N) is 3. The van der Waals surface area contributed by atoms with Gasteiger partial charge in [-0.25, -0.2) is 0 Å². The molecule has 146 valence electrons. The van der Waals surface area contributed by atoms with Crippen LogP contribution in [0.2, 0.25) is 10.0 Å². The van der Waals surface area contributed by atoms with Gasteiger partial charge in [0.2, 0.25) is 11.8 Å². The van der Waals surface area contributed by atoms with Crippen LogP contribution in [0.3, 0.4) is 0 Å². The highest BCUT2D eigenvalue weighted by molar-refractivity contribution is 6.42.